The fourth-order valence-electron chi connectivity index (χ4n) is 1.14. The van der Waals surface area contributed by atoms with Crippen molar-refractivity contribution in [2.75, 3.05) is 11.4 Å². The maximum Gasteiger partial charge on any atom is 0.237 e. The minimum Gasteiger partial charge on any atom is -0.297 e. The zero-order valence-corrected chi connectivity index (χ0v) is 6.67. The molecule has 0 saturated carbocycles. The van der Waals surface area contributed by atoms with Crippen molar-refractivity contribution < 1.29 is 9.59 Å². The Bertz CT molecular complexity index is 351. The van der Waals surface area contributed by atoms with Crippen LogP contribution in [0.2, 0.25) is 0 Å². The first-order valence-corrected chi connectivity index (χ1v) is 3.71. The maximum absolute atomic E-state index is 11.2. The number of amides is 1. The monoisotopic (exact) mass is 178 g/mol. The molecule has 1 fully saturated rings. The van der Waals surface area contributed by atoms with Gasteiger partial charge in [-0.25, -0.2) is 15.0 Å². The lowest BCUT2D eigenvalue weighted by atomic mass is 10.3. The molecule has 13 heavy (non-hydrogen) atoms. The SMILES string of the molecule is O=C1CC(=O)N(c2ncncn2)C1. The van der Waals surface area contributed by atoms with Crippen molar-refractivity contribution in [2.45, 2.75) is 6.42 Å². The lowest BCUT2D eigenvalue weighted by molar-refractivity contribution is -0.121. The quantitative estimate of drug-likeness (QED) is 0.525. The van der Waals surface area contributed by atoms with Crippen LogP contribution in [0.1, 0.15) is 6.42 Å². The standard InChI is InChI=1S/C7H6N4O2/c12-5-1-6(13)11(2-5)7-9-3-8-4-10-7/h3-4H,1-2H2. The molecule has 1 amide bonds. The van der Waals surface area contributed by atoms with Crippen LogP contribution in [-0.4, -0.2) is 33.2 Å². The fourth-order valence-corrected chi connectivity index (χ4v) is 1.14. The Hall–Kier alpha value is -1.85. The van der Waals surface area contributed by atoms with Crippen molar-refractivity contribution in [3.8, 4) is 0 Å². The summed E-state index contributed by atoms with van der Waals surface area (Å²) in [6.45, 7) is 0.0723. The van der Waals surface area contributed by atoms with Crippen LogP contribution in [-0.2, 0) is 9.59 Å². The smallest absolute Gasteiger partial charge is 0.237 e. The van der Waals surface area contributed by atoms with E-state index in [-0.39, 0.29) is 30.6 Å². The molecule has 1 aromatic rings. The van der Waals surface area contributed by atoms with Crippen LogP contribution >= 0.6 is 0 Å². The summed E-state index contributed by atoms with van der Waals surface area (Å²) in [4.78, 5) is 34.5. The van der Waals surface area contributed by atoms with Gasteiger partial charge in [0.15, 0.2) is 5.78 Å². The molecule has 1 aliphatic rings. The average molecular weight is 178 g/mol. The van der Waals surface area contributed by atoms with Gasteiger partial charge in [0, 0.05) is 0 Å². The number of aromatic nitrogens is 3. The Morgan fingerprint density at radius 2 is 1.92 bits per heavy atom. The number of hydrogen-bond acceptors (Lipinski definition) is 5. The minimum atomic E-state index is -0.254. The van der Waals surface area contributed by atoms with Crippen molar-refractivity contribution >= 4 is 17.6 Å². The fraction of sp³-hybridized carbons (Fsp3) is 0.286. The van der Waals surface area contributed by atoms with Crippen molar-refractivity contribution in [1.29, 1.82) is 0 Å². The van der Waals surface area contributed by atoms with Crippen LogP contribution in [0.4, 0.5) is 5.95 Å². The third kappa shape index (κ3) is 1.37. The molecule has 0 aliphatic carbocycles. The van der Waals surface area contributed by atoms with E-state index in [1.807, 2.05) is 0 Å². The van der Waals surface area contributed by atoms with Crippen LogP contribution in [0, 0.1) is 0 Å². The summed E-state index contributed by atoms with van der Waals surface area (Å²) in [5.41, 5.74) is 0. The van der Waals surface area contributed by atoms with Crippen LogP contribution < -0.4 is 4.90 Å². The normalized spacial score (nSPS) is 16.8. The van der Waals surface area contributed by atoms with Crippen molar-refractivity contribution in [3.63, 3.8) is 0 Å². The molecule has 0 unspecified atom stereocenters. The highest BCUT2D eigenvalue weighted by molar-refractivity contribution is 6.14. The Kier molecular flexibility index (Phi) is 1.73. The van der Waals surface area contributed by atoms with Gasteiger partial charge >= 0.3 is 0 Å². The largest absolute Gasteiger partial charge is 0.297 e. The first-order valence-electron chi connectivity index (χ1n) is 3.71. The molecule has 6 heteroatoms. The first kappa shape index (κ1) is 7.78. The molecule has 0 N–H and O–H groups in total. The van der Waals surface area contributed by atoms with Gasteiger partial charge in [-0.05, 0) is 0 Å². The van der Waals surface area contributed by atoms with Crippen molar-refractivity contribution in [2.24, 2.45) is 0 Å². The van der Waals surface area contributed by atoms with Gasteiger partial charge in [0.2, 0.25) is 11.9 Å². The van der Waals surface area contributed by atoms with E-state index in [2.05, 4.69) is 15.0 Å². The third-order valence-electron chi connectivity index (χ3n) is 1.71. The summed E-state index contributed by atoms with van der Waals surface area (Å²) in [6.07, 6.45) is 2.53. The first-order chi connectivity index (χ1) is 6.27. The van der Waals surface area contributed by atoms with Gasteiger partial charge < -0.3 is 0 Å². The molecule has 1 saturated heterocycles. The van der Waals surface area contributed by atoms with Gasteiger partial charge in [-0.1, -0.05) is 0 Å². The summed E-state index contributed by atoms with van der Waals surface area (Å²) >= 11 is 0. The highest BCUT2D eigenvalue weighted by Crippen LogP contribution is 2.12. The van der Waals surface area contributed by atoms with E-state index >= 15 is 0 Å². The lowest BCUT2D eigenvalue weighted by Gasteiger charge is -2.09. The van der Waals surface area contributed by atoms with E-state index < -0.39 is 0 Å². The molecule has 0 radical (unpaired) electrons. The number of nitrogens with zero attached hydrogens (tertiary/aromatic N) is 4. The summed E-state index contributed by atoms with van der Waals surface area (Å²) in [5, 5.41) is 0. The van der Waals surface area contributed by atoms with Gasteiger partial charge in [0.25, 0.3) is 0 Å². The van der Waals surface area contributed by atoms with E-state index in [1.165, 1.54) is 17.6 Å². The van der Waals surface area contributed by atoms with Crippen molar-refractivity contribution in [3.05, 3.63) is 12.7 Å². The third-order valence-corrected chi connectivity index (χ3v) is 1.71. The average Bonchev–Trinajstić information content (AvgIpc) is 2.47. The number of anilines is 1. The van der Waals surface area contributed by atoms with Gasteiger partial charge in [-0.15, -0.1) is 0 Å². The number of Topliss-reactive ketones (excluding diaryl/α,β-unsaturated/α-hetero) is 1. The van der Waals surface area contributed by atoms with Gasteiger partial charge in [-0.3, -0.25) is 14.5 Å². The second kappa shape index (κ2) is 2.89. The van der Waals surface area contributed by atoms with Gasteiger partial charge in [0.1, 0.15) is 12.7 Å². The molecule has 0 aromatic carbocycles. The molecule has 0 bridgehead atoms. The minimum absolute atomic E-state index is 0.0499. The number of hydrogen-bond donors (Lipinski definition) is 0. The number of carbonyl (C=O) groups excluding carboxylic acids is 2. The Morgan fingerprint density at radius 1 is 1.23 bits per heavy atom. The van der Waals surface area contributed by atoms with Gasteiger partial charge in [0.05, 0.1) is 13.0 Å². The maximum atomic E-state index is 11.2. The predicted molar refractivity (Wildman–Crippen MR) is 41.8 cm³/mol. The Balaban J connectivity index is 2.28. The highest BCUT2D eigenvalue weighted by atomic mass is 16.2. The van der Waals surface area contributed by atoms with Gasteiger partial charge in [-0.2, -0.15) is 0 Å². The second-order valence-electron chi connectivity index (χ2n) is 2.63. The molecule has 66 valence electrons. The van der Waals surface area contributed by atoms with Crippen molar-refractivity contribution in [1.82, 2.24) is 15.0 Å². The summed E-state index contributed by atoms with van der Waals surface area (Å²) in [7, 11) is 0. The lowest BCUT2D eigenvalue weighted by Crippen LogP contribution is -2.26. The van der Waals surface area contributed by atoms with E-state index in [0.29, 0.717) is 0 Å². The molecular formula is C7H6N4O2. The Morgan fingerprint density at radius 3 is 2.46 bits per heavy atom. The van der Waals surface area contributed by atoms with Crippen LogP contribution in [0.3, 0.4) is 0 Å². The summed E-state index contributed by atoms with van der Waals surface area (Å²) < 4.78 is 0. The van der Waals surface area contributed by atoms with Crippen LogP contribution in [0.5, 0.6) is 0 Å². The number of carbonyl (C=O) groups is 2. The number of rotatable bonds is 1. The number of ketones is 1. The van der Waals surface area contributed by atoms with E-state index in [4.69, 9.17) is 0 Å². The summed E-state index contributed by atoms with van der Waals surface area (Å²) in [6, 6.07) is 0. The zero-order chi connectivity index (χ0) is 9.26. The topological polar surface area (TPSA) is 76.1 Å². The predicted octanol–water partition coefficient (Wildman–Crippen LogP) is -0.823. The second-order valence-corrected chi connectivity index (χ2v) is 2.63. The molecule has 6 nitrogen and oxygen atoms in total. The van der Waals surface area contributed by atoms with E-state index in [9.17, 15) is 9.59 Å². The summed E-state index contributed by atoms with van der Waals surface area (Å²) in [5.74, 6) is -0.118. The molecular weight excluding hydrogens is 172 g/mol. The molecule has 2 rings (SSSR count). The van der Waals surface area contributed by atoms with E-state index in [0.717, 1.165) is 0 Å². The van der Waals surface area contributed by atoms with Crippen LogP contribution in [0.15, 0.2) is 12.7 Å². The molecule has 1 aliphatic heterocycles. The Labute approximate surface area is 73.6 Å². The zero-order valence-electron chi connectivity index (χ0n) is 6.67. The molecule has 0 atom stereocenters. The molecule has 2 heterocycles. The highest BCUT2D eigenvalue weighted by Gasteiger charge is 2.30. The molecule has 1 aromatic heterocycles. The van der Waals surface area contributed by atoms with Crippen LogP contribution in [0.25, 0.3) is 0 Å². The molecule has 0 spiro atoms. The van der Waals surface area contributed by atoms with E-state index in [1.54, 1.807) is 0 Å².